The summed E-state index contributed by atoms with van der Waals surface area (Å²) in [7, 11) is 1.62. The smallest absolute Gasteiger partial charge is 0.416 e. The van der Waals surface area contributed by atoms with Crippen molar-refractivity contribution in [1.29, 1.82) is 0 Å². The van der Waals surface area contributed by atoms with E-state index < -0.39 is 17.8 Å². The molecular weight excluding hydrogens is 605 g/mol. The molecule has 9 nitrogen and oxygen atoms in total. The number of carbonyl (C=O) groups excluding carboxylic acids is 2. The fraction of sp³-hybridized carbons (Fsp3) is 0.312. The van der Waals surface area contributed by atoms with Gasteiger partial charge in [0.05, 0.1) is 18.4 Å². The Balaban J connectivity index is 1.16. The van der Waals surface area contributed by atoms with Gasteiger partial charge in [-0.05, 0) is 43.7 Å². The topological polar surface area (TPSA) is 92.6 Å². The molecule has 1 unspecified atom stereocenters. The summed E-state index contributed by atoms with van der Waals surface area (Å²) in [6.45, 7) is 2.77. The largest absolute Gasteiger partial charge is 0.495 e. The van der Waals surface area contributed by atoms with Crippen LogP contribution in [0, 0.1) is 0 Å². The third-order valence-corrected chi connectivity index (χ3v) is 8.46. The molecule has 0 aliphatic carbocycles. The highest BCUT2D eigenvalue weighted by atomic mass is 32.2. The average Bonchev–Trinajstić information content (AvgIpc) is 3.46. The molecular formula is C32H33F3N6O3S. The van der Waals surface area contributed by atoms with Gasteiger partial charge in [0.1, 0.15) is 5.75 Å². The van der Waals surface area contributed by atoms with Crippen LogP contribution in [0.25, 0.3) is 17.1 Å². The predicted molar refractivity (Wildman–Crippen MR) is 167 cm³/mol. The third-order valence-electron chi connectivity index (χ3n) is 7.44. The lowest BCUT2D eigenvalue weighted by Gasteiger charge is -2.39. The first kappa shape index (κ1) is 31.9. The van der Waals surface area contributed by atoms with Crippen LogP contribution in [0.2, 0.25) is 0 Å². The molecule has 13 heteroatoms. The maximum Gasteiger partial charge on any atom is 0.416 e. The minimum atomic E-state index is -4.50. The number of benzene rings is 3. The van der Waals surface area contributed by atoms with Crippen LogP contribution >= 0.6 is 11.8 Å². The zero-order valence-electron chi connectivity index (χ0n) is 24.8. The minimum absolute atomic E-state index is 0.0171. The van der Waals surface area contributed by atoms with Crippen molar-refractivity contribution in [3.63, 3.8) is 0 Å². The van der Waals surface area contributed by atoms with Crippen molar-refractivity contribution in [2.24, 2.45) is 0 Å². The number of amides is 3. The number of para-hydroxylation sites is 2. The molecule has 45 heavy (non-hydrogen) atoms. The quantitative estimate of drug-likeness (QED) is 0.164. The number of methoxy groups -OCH3 is 1. The summed E-state index contributed by atoms with van der Waals surface area (Å²) < 4.78 is 46.7. The second-order valence-electron chi connectivity index (χ2n) is 10.5. The molecule has 1 aliphatic heterocycles. The van der Waals surface area contributed by atoms with Gasteiger partial charge in [0.15, 0.2) is 11.0 Å². The normalized spacial score (nSPS) is 15.2. The van der Waals surface area contributed by atoms with Crippen LogP contribution in [0.15, 0.2) is 84.0 Å². The van der Waals surface area contributed by atoms with E-state index in [9.17, 15) is 22.8 Å². The van der Waals surface area contributed by atoms with E-state index in [2.05, 4.69) is 15.5 Å². The van der Waals surface area contributed by atoms with Crippen LogP contribution in [0.3, 0.4) is 0 Å². The summed E-state index contributed by atoms with van der Waals surface area (Å²) in [5.74, 6) is 1.98. The van der Waals surface area contributed by atoms with Crippen molar-refractivity contribution >= 4 is 29.4 Å². The van der Waals surface area contributed by atoms with Gasteiger partial charge in [-0.2, -0.15) is 13.2 Å². The van der Waals surface area contributed by atoms with E-state index in [0.717, 1.165) is 23.4 Å². The summed E-state index contributed by atoms with van der Waals surface area (Å²) in [6.07, 6.45) is -3.57. The van der Waals surface area contributed by atoms with E-state index in [4.69, 9.17) is 4.74 Å². The van der Waals surface area contributed by atoms with E-state index in [0.29, 0.717) is 48.4 Å². The van der Waals surface area contributed by atoms with Crippen LogP contribution in [0.4, 0.5) is 23.7 Å². The molecule has 1 fully saturated rings. The Morgan fingerprint density at radius 1 is 1.00 bits per heavy atom. The molecule has 3 amide bonds. The lowest BCUT2D eigenvalue weighted by atomic mass is 10.1. The zero-order valence-corrected chi connectivity index (χ0v) is 25.6. The van der Waals surface area contributed by atoms with Crippen LogP contribution < -0.4 is 10.1 Å². The van der Waals surface area contributed by atoms with Crippen LogP contribution in [0.5, 0.6) is 5.75 Å². The Morgan fingerprint density at radius 2 is 1.76 bits per heavy atom. The minimum Gasteiger partial charge on any atom is -0.495 e. The predicted octanol–water partition coefficient (Wildman–Crippen LogP) is 6.60. The van der Waals surface area contributed by atoms with Crippen LogP contribution in [-0.4, -0.2) is 75.0 Å². The van der Waals surface area contributed by atoms with Gasteiger partial charge in [-0.15, -0.1) is 10.2 Å². The monoisotopic (exact) mass is 638 g/mol. The molecule has 1 saturated heterocycles. The van der Waals surface area contributed by atoms with Gasteiger partial charge >= 0.3 is 12.2 Å². The SMILES string of the molecule is COc1ccccc1-n1c(SCCCC(=O)N2CCN(C(=O)Nc3cccc(C(F)(F)F)c3)C(C)C2)nnc1-c1ccccc1. The number of halogens is 3. The third kappa shape index (κ3) is 7.59. The molecule has 1 atom stereocenters. The number of hydrogen-bond acceptors (Lipinski definition) is 6. The molecule has 2 heterocycles. The van der Waals surface area contributed by atoms with Gasteiger partial charge in [-0.3, -0.25) is 9.36 Å². The molecule has 0 spiro atoms. The summed E-state index contributed by atoms with van der Waals surface area (Å²) in [4.78, 5) is 29.2. The number of ether oxygens (including phenoxy) is 1. The molecule has 0 saturated carbocycles. The molecule has 236 valence electrons. The highest BCUT2D eigenvalue weighted by molar-refractivity contribution is 7.99. The van der Waals surface area contributed by atoms with Gasteiger partial charge in [0.2, 0.25) is 5.91 Å². The number of hydrogen-bond donors (Lipinski definition) is 1. The lowest BCUT2D eigenvalue weighted by molar-refractivity contribution is -0.137. The highest BCUT2D eigenvalue weighted by Gasteiger charge is 2.32. The Morgan fingerprint density at radius 3 is 2.49 bits per heavy atom. The van der Waals surface area contributed by atoms with E-state index in [1.165, 1.54) is 28.8 Å². The fourth-order valence-electron chi connectivity index (χ4n) is 5.17. The first-order chi connectivity index (χ1) is 21.7. The number of piperazine rings is 1. The van der Waals surface area contributed by atoms with Gasteiger partial charge < -0.3 is 19.9 Å². The number of carbonyl (C=O) groups is 2. The van der Waals surface area contributed by atoms with Gasteiger partial charge in [0, 0.05) is 49.1 Å². The highest BCUT2D eigenvalue weighted by Crippen LogP contribution is 2.33. The summed E-state index contributed by atoms with van der Waals surface area (Å²) in [6, 6.07) is 21.1. The number of nitrogens with one attached hydrogen (secondary N) is 1. The van der Waals surface area contributed by atoms with Crippen molar-refractivity contribution in [3.8, 4) is 22.8 Å². The Bertz CT molecular complexity index is 1630. The van der Waals surface area contributed by atoms with Crippen molar-refractivity contribution in [2.45, 2.75) is 37.1 Å². The number of nitrogens with zero attached hydrogens (tertiary/aromatic N) is 5. The van der Waals surface area contributed by atoms with E-state index in [-0.39, 0.29) is 24.2 Å². The molecule has 1 aromatic heterocycles. The molecule has 3 aromatic carbocycles. The van der Waals surface area contributed by atoms with Gasteiger partial charge in [-0.25, -0.2) is 4.79 Å². The zero-order chi connectivity index (χ0) is 32.0. The summed E-state index contributed by atoms with van der Waals surface area (Å²) >= 11 is 1.50. The Labute approximate surface area is 263 Å². The van der Waals surface area contributed by atoms with E-state index in [1.54, 1.807) is 12.0 Å². The number of alkyl halides is 3. The molecule has 5 rings (SSSR count). The number of anilines is 1. The van der Waals surface area contributed by atoms with Crippen LogP contribution in [-0.2, 0) is 11.0 Å². The summed E-state index contributed by atoms with van der Waals surface area (Å²) in [5.41, 5.74) is 0.954. The maximum atomic E-state index is 13.1. The van der Waals surface area contributed by atoms with E-state index in [1.807, 2.05) is 66.1 Å². The first-order valence-corrected chi connectivity index (χ1v) is 15.4. The van der Waals surface area contributed by atoms with Crippen molar-refractivity contribution in [2.75, 3.05) is 37.8 Å². The molecule has 4 aromatic rings. The lowest BCUT2D eigenvalue weighted by Crippen LogP contribution is -2.56. The standard InChI is InChI=1S/C32H33F3N6O3S/c1-22-21-39(17-18-40(22)30(43)36-25-13-8-12-24(20-25)32(33,34)35)28(42)16-9-19-45-31-38-37-29(23-10-4-3-5-11-23)41(31)26-14-6-7-15-27(26)44-2/h3-8,10-15,20,22H,9,16-19,21H2,1-2H3,(H,36,43). The van der Waals surface area contributed by atoms with Crippen molar-refractivity contribution in [3.05, 3.63) is 84.4 Å². The Kier molecular flexibility index (Phi) is 9.96. The first-order valence-electron chi connectivity index (χ1n) is 14.5. The van der Waals surface area contributed by atoms with Gasteiger partial charge in [-0.1, -0.05) is 60.3 Å². The summed E-state index contributed by atoms with van der Waals surface area (Å²) in [5, 5.41) is 12.2. The molecule has 1 aliphatic rings. The second kappa shape index (κ2) is 14.1. The van der Waals surface area contributed by atoms with Crippen LogP contribution in [0.1, 0.15) is 25.3 Å². The molecule has 0 radical (unpaired) electrons. The van der Waals surface area contributed by atoms with E-state index >= 15 is 0 Å². The fourth-order valence-corrected chi connectivity index (χ4v) is 6.05. The second-order valence-corrected chi connectivity index (χ2v) is 11.6. The Hall–Kier alpha value is -4.52. The van der Waals surface area contributed by atoms with Crippen molar-refractivity contribution < 1.29 is 27.5 Å². The maximum absolute atomic E-state index is 13.1. The number of urea groups is 1. The van der Waals surface area contributed by atoms with Crippen molar-refractivity contribution in [1.82, 2.24) is 24.6 Å². The number of rotatable bonds is 9. The molecule has 1 N–H and O–H groups in total. The molecule has 0 bridgehead atoms. The average molecular weight is 639 g/mol. The van der Waals surface area contributed by atoms with Gasteiger partial charge in [0.25, 0.3) is 0 Å². The number of thioether (sulfide) groups is 1. The number of aromatic nitrogens is 3.